The van der Waals surface area contributed by atoms with E-state index in [1.807, 2.05) is 0 Å². The molecule has 3 saturated heterocycles. The van der Waals surface area contributed by atoms with Crippen molar-refractivity contribution < 1.29 is 0 Å². The van der Waals surface area contributed by atoms with Gasteiger partial charge in [-0.05, 0) is 0 Å². The molecule has 0 bridgehead atoms. The third-order valence-corrected chi connectivity index (χ3v) is 16.8. The first-order valence-electron chi connectivity index (χ1n) is 15.4. The molecular weight excluding hydrogens is 459 g/mol. The van der Waals surface area contributed by atoms with Crippen molar-refractivity contribution in [2.45, 2.75) is 129 Å². The topological polar surface area (TPSA) is 13.0 Å². The fourth-order valence-corrected chi connectivity index (χ4v) is 14.7. The Hall–Kier alpha value is 0.560. The number of unbranched alkanes of at least 4 members (excludes halogenated alkanes) is 10. The third kappa shape index (κ3) is 6.70. The van der Waals surface area contributed by atoms with Crippen LogP contribution in [0.3, 0.4) is 0 Å². The van der Waals surface area contributed by atoms with Crippen molar-refractivity contribution in [1.82, 2.24) is 18.7 Å². The van der Waals surface area contributed by atoms with Crippen LogP contribution in [0.15, 0.2) is 0 Å². The van der Waals surface area contributed by atoms with Gasteiger partial charge in [0.05, 0.1) is 0 Å². The molecule has 0 atom stereocenters. The van der Waals surface area contributed by atoms with Gasteiger partial charge < -0.3 is 0 Å². The van der Waals surface area contributed by atoms with Gasteiger partial charge in [-0.25, -0.2) is 0 Å². The van der Waals surface area contributed by atoms with Gasteiger partial charge in [0, 0.05) is 0 Å². The number of rotatable bonds is 18. The zero-order valence-electron chi connectivity index (χ0n) is 23.0. The van der Waals surface area contributed by atoms with Gasteiger partial charge in [0.1, 0.15) is 0 Å². The van der Waals surface area contributed by atoms with E-state index in [-0.39, 0.29) is 0 Å². The maximum atomic E-state index is 8.54. The molecule has 0 N–H and O–H groups in total. The van der Waals surface area contributed by atoms with Crippen molar-refractivity contribution >= 4 is 17.8 Å². The molecular formula is C28H58ClN4P. The molecule has 3 aliphatic heterocycles. The van der Waals surface area contributed by atoms with Gasteiger partial charge in [0.25, 0.3) is 0 Å². The van der Waals surface area contributed by atoms with E-state index < -0.39 is 6.56 Å². The van der Waals surface area contributed by atoms with Crippen LogP contribution in [0.2, 0.25) is 0 Å². The molecule has 0 aliphatic carbocycles. The molecule has 0 aromatic carbocycles. The minimum absolute atomic E-state index is 1.20. The SMILES string of the molecule is CCCCCCCCN(CCCCCCCC)P(Cl)(N1CCCC1)(N1CCCC1)N1CCCC1. The monoisotopic (exact) mass is 516 g/mol. The molecule has 3 rings (SSSR count). The molecule has 0 amide bonds. The van der Waals surface area contributed by atoms with E-state index >= 15 is 0 Å². The van der Waals surface area contributed by atoms with Crippen LogP contribution in [-0.2, 0) is 0 Å². The molecule has 0 aromatic heterocycles. The molecule has 0 spiro atoms. The molecule has 6 heteroatoms. The summed E-state index contributed by atoms with van der Waals surface area (Å²) < 4.78 is 11.5. The molecule has 3 aliphatic rings. The first-order valence-corrected chi connectivity index (χ1v) is 18.4. The second-order valence-corrected chi connectivity index (χ2v) is 17.1. The summed E-state index contributed by atoms with van der Waals surface area (Å²) in [5.41, 5.74) is 0. The van der Waals surface area contributed by atoms with E-state index in [4.69, 9.17) is 11.2 Å². The van der Waals surface area contributed by atoms with Crippen LogP contribution in [0.1, 0.15) is 129 Å². The quantitative estimate of drug-likeness (QED) is 0.133. The zero-order chi connectivity index (χ0) is 24.1. The van der Waals surface area contributed by atoms with Gasteiger partial charge in [-0.1, -0.05) is 0 Å². The normalized spacial score (nSPS) is 22.2. The predicted molar refractivity (Wildman–Crippen MR) is 154 cm³/mol. The number of halogens is 1. The van der Waals surface area contributed by atoms with Crippen LogP contribution >= 0.6 is 17.8 Å². The molecule has 3 heterocycles. The van der Waals surface area contributed by atoms with Crippen LogP contribution in [0.5, 0.6) is 0 Å². The van der Waals surface area contributed by atoms with Crippen molar-refractivity contribution in [2.24, 2.45) is 0 Å². The maximum absolute atomic E-state index is 8.54. The average Bonchev–Trinajstić information content (AvgIpc) is 3.65. The second-order valence-electron chi connectivity index (χ2n) is 11.3. The van der Waals surface area contributed by atoms with Crippen LogP contribution < -0.4 is 0 Å². The summed E-state index contributed by atoms with van der Waals surface area (Å²) in [7, 11) is 0. The first kappa shape index (κ1) is 29.1. The average molecular weight is 517 g/mol. The number of hydrogen-bond acceptors (Lipinski definition) is 4. The molecule has 34 heavy (non-hydrogen) atoms. The van der Waals surface area contributed by atoms with Crippen molar-refractivity contribution in [3.8, 4) is 0 Å². The molecule has 0 aromatic rings. The summed E-state index contributed by atoms with van der Waals surface area (Å²) in [6, 6.07) is 0. The Labute approximate surface area is 218 Å². The summed E-state index contributed by atoms with van der Waals surface area (Å²) in [4.78, 5) is 0. The third-order valence-electron chi connectivity index (χ3n) is 8.73. The minimum atomic E-state index is -2.99. The molecule has 0 radical (unpaired) electrons. The van der Waals surface area contributed by atoms with Gasteiger partial charge in [0.2, 0.25) is 0 Å². The van der Waals surface area contributed by atoms with Gasteiger partial charge in [-0.15, -0.1) is 0 Å². The van der Waals surface area contributed by atoms with Gasteiger partial charge in [0.15, 0.2) is 0 Å². The molecule has 0 unspecified atom stereocenters. The van der Waals surface area contributed by atoms with Crippen LogP contribution in [-0.4, -0.2) is 71.0 Å². The summed E-state index contributed by atoms with van der Waals surface area (Å²) in [5, 5.41) is 0. The Kier molecular flexibility index (Phi) is 12.9. The van der Waals surface area contributed by atoms with Gasteiger partial charge in [-0.2, -0.15) is 0 Å². The van der Waals surface area contributed by atoms with E-state index in [1.54, 1.807) is 0 Å². The van der Waals surface area contributed by atoms with Gasteiger partial charge in [-0.3, -0.25) is 0 Å². The first-order chi connectivity index (χ1) is 16.7. The van der Waals surface area contributed by atoms with Crippen LogP contribution in [0.25, 0.3) is 0 Å². The molecule has 0 saturated carbocycles. The van der Waals surface area contributed by atoms with E-state index in [9.17, 15) is 0 Å². The van der Waals surface area contributed by atoms with Crippen molar-refractivity contribution in [2.75, 3.05) is 52.4 Å². The molecule has 202 valence electrons. The molecule has 4 nitrogen and oxygen atoms in total. The van der Waals surface area contributed by atoms with E-state index in [1.165, 1.54) is 168 Å². The van der Waals surface area contributed by atoms with Crippen LogP contribution in [0, 0.1) is 0 Å². The van der Waals surface area contributed by atoms with Crippen LogP contribution in [0.4, 0.5) is 0 Å². The Morgan fingerprint density at radius 1 is 0.500 bits per heavy atom. The van der Waals surface area contributed by atoms with E-state index in [2.05, 4.69) is 32.5 Å². The Morgan fingerprint density at radius 3 is 1.12 bits per heavy atom. The second kappa shape index (κ2) is 15.1. The van der Waals surface area contributed by atoms with E-state index in [0.29, 0.717) is 0 Å². The zero-order valence-corrected chi connectivity index (χ0v) is 24.6. The Bertz CT molecular complexity index is 485. The standard InChI is InChI=1S/C28H58ClN4P/c1-3-5-7-9-11-13-21-30(22-14-12-10-8-6-4-2)34(29,31-23-15-16-24-31,32-25-17-18-26-32)33-27-19-20-28-33/h3-28H2,1-2H3. The van der Waals surface area contributed by atoms with E-state index in [0.717, 1.165) is 0 Å². The fourth-order valence-electron chi connectivity index (χ4n) is 6.81. The number of hydrogen-bond donors (Lipinski definition) is 0. The summed E-state index contributed by atoms with van der Waals surface area (Å²) in [6.07, 6.45) is 24.4. The Balaban J connectivity index is 1.82. The number of nitrogens with zero attached hydrogens (tertiary/aromatic N) is 4. The van der Waals surface area contributed by atoms with Crippen molar-refractivity contribution in [3.63, 3.8) is 0 Å². The molecule has 3 fully saturated rings. The summed E-state index contributed by atoms with van der Waals surface area (Å²) >= 11 is 8.54. The van der Waals surface area contributed by atoms with Crippen molar-refractivity contribution in [3.05, 3.63) is 0 Å². The van der Waals surface area contributed by atoms with Crippen molar-refractivity contribution in [1.29, 1.82) is 0 Å². The van der Waals surface area contributed by atoms with Gasteiger partial charge >= 0.3 is 218 Å². The predicted octanol–water partition coefficient (Wildman–Crippen LogP) is 8.66. The Morgan fingerprint density at radius 2 is 0.794 bits per heavy atom. The summed E-state index contributed by atoms with van der Waals surface area (Å²) in [5.74, 6) is 0. The fraction of sp³-hybridized carbons (Fsp3) is 1.00. The summed E-state index contributed by atoms with van der Waals surface area (Å²) in [6.45, 7) is 11.3.